The minimum absolute atomic E-state index is 0. The molecule has 2 fully saturated rings. The van der Waals surface area contributed by atoms with Crippen molar-refractivity contribution in [2.75, 3.05) is 26.2 Å². The van der Waals surface area contributed by atoms with Gasteiger partial charge in [-0.1, -0.05) is 0 Å². The van der Waals surface area contributed by atoms with Crippen LogP contribution in [0.15, 0.2) is 24.3 Å². The van der Waals surface area contributed by atoms with E-state index in [0.717, 1.165) is 32.4 Å². The van der Waals surface area contributed by atoms with E-state index in [1.165, 1.54) is 31.2 Å². The molecule has 5 N–H and O–H groups in total. The summed E-state index contributed by atoms with van der Waals surface area (Å²) in [4.78, 5) is 51.8. The van der Waals surface area contributed by atoms with Gasteiger partial charge in [-0.3, -0.25) is 14.4 Å². The largest absolute Gasteiger partial charge is 0.508 e. The first-order chi connectivity index (χ1) is 16.2. The summed E-state index contributed by atoms with van der Waals surface area (Å²) in [7, 11) is 0. The van der Waals surface area contributed by atoms with Gasteiger partial charge in [-0.05, 0) is 82.3 Å². The van der Waals surface area contributed by atoms with Gasteiger partial charge in [-0.15, -0.1) is 12.4 Å². The molecule has 194 valence electrons. The van der Waals surface area contributed by atoms with E-state index < -0.39 is 29.4 Å². The third-order valence-electron chi connectivity index (χ3n) is 6.66. The van der Waals surface area contributed by atoms with Crippen LogP contribution in [0.4, 0.5) is 0 Å². The number of piperidine rings is 2. The Morgan fingerprint density at radius 2 is 1.74 bits per heavy atom. The fraction of sp³-hybridized carbons (Fsp3) is 0.583. The van der Waals surface area contributed by atoms with Crippen molar-refractivity contribution in [3.05, 3.63) is 29.8 Å². The number of carbonyl (C=O) groups is 4. The van der Waals surface area contributed by atoms with Crippen molar-refractivity contribution in [2.45, 2.75) is 51.1 Å². The quantitative estimate of drug-likeness (QED) is 0.333. The van der Waals surface area contributed by atoms with Crippen LogP contribution in [-0.4, -0.2) is 70.6 Å². The van der Waals surface area contributed by atoms with Gasteiger partial charge < -0.3 is 31.1 Å². The first kappa shape index (κ1) is 28.4. The van der Waals surface area contributed by atoms with Crippen LogP contribution >= 0.6 is 12.4 Å². The number of aromatic hydroxyl groups is 1. The molecule has 3 rings (SSSR count). The first-order valence-corrected chi connectivity index (χ1v) is 11.8. The summed E-state index contributed by atoms with van der Waals surface area (Å²) < 4.78 is 0. The molecule has 2 atom stereocenters. The maximum absolute atomic E-state index is 13.0. The van der Waals surface area contributed by atoms with Gasteiger partial charge in [0.25, 0.3) is 5.91 Å². The lowest BCUT2D eigenvalue weighted by atomic mass is 9.92. The number of rotatable bonds is 8. The van der Waals surface area contributed by atoms with Gasteiger partial charge in [0.15, 0.2) is 0 Å². The molecule has 0 unspecified atom stereocenters. The van der Waals surface area contributed by atoms with Crippen LogP contribution in [-0.2, 0) is 14.4 Å². The van der Waals surface area contributed by atoms with Crippen molar-refractivity contribution in [1.29, 1.82) is 0 Å². The van der Waals surface area contributed by atoms with E-state index in [1.807, 2.05) is 0 Å². The van der Waals surface area contributed by atoms with Crippen LogP contribution in [0.2, 0.25) is 0 Å². The molecule has 11 heteroatoms. The Labute approximate surface area is 211 Å². The summed E-state index contributed by atoms with van der Waals surface area (Å²) in [5, 5.41) is 27.2. The van der Waals surface area contributed by atoms with Crippen LogP contribution in [0.25, 0.3) is 0 Å². The molecule has 0 aromatic heterocycles. The van der Waals surface area contributed by atoms with E-state index in [-0.39, 0.29) is 36.2 Å². The molecule has 0 saturated carbocycles. The Bertz CT molecular complexity index is 906. The molecule has 35 heavy (non-hydrogen) atoms. The highest BCUT2D eigenvalue weighted by molar-refractivity contribution is 5.99. The summed E-state index contributed by atoms with van der Waals surface area (Å²) in [6.07, 6.45) is 4.62. The molecule has 2 aliphatic rings. The maximum Gasteiger partial charge on any atom is 0.350 e. The van der Waals surface area contributed by atoms with Gasteiger partial charge in [0.05, 0.1) is 5.92 Å². The van der Waals surface area contributed by atoms with E-state index in [9.17, 15) is 29.4 Å². The molecule has 0 radical (unpaired) electrons. The zero-order valence-electron chi connectivity index (χ0n) is 19.9. The lowest BCUT2D eigenvalue weighted by molar-refractivity contribution is -0.149. The van der Waals surface area contributed by atoms with Crippen LogP contribution in [0.1, 0.15) is 55.8 Å². The number of benzene rings is 1. The van der Waals surface area contributed by atoms with Crippen LogP contribution in [0, 0.1) is 11.8 Å². The Kier molecular flexibility index (Phi) is 10.3. The molecule has 2 aliphatic heterocycles. The smallest absolute Gasteiger partial charge is 0.350 e. The van der Waals surface area contributed by atoms with Crippen molar-refractivity contribution in [3.63, 3.8) is 0 Å². The van der Waals surface area contributed by atoms with Crippen molar-refractivity contribution in [1.82, 2.24) is 20.9 Å². The number of hydrogen-bond acceptors (Lipinski definition) is 6. The minimum atomic E-state index is -2.03. The topological polar surface area (TPSA) is 148 Å². The molecule has 0 aliphatic carbocycles. The van der Waals surface area contributed by atoms with Crippen LogP contribution < -0.4 is 16.0 Å². The third-order valence-corrected chi connectivity index (χ3v) is 6.66. The van der Waals surface area contributed by atoms with Crippen molar-refractivity contribution in [2.24, 2.45) is 11.8 Å². The highest BCUT2D eigenvalue weighted by Crippen LogP contribution is 2.22. The van der Waals surface area contributed by atoms with Crippen LogP contribution in [0.3, 0.4) is 0 Å². The number of nitrogens with one attached hydrogen (secondary N) is 3. The Balaban J connectivity index is 0.00000432. The number of hydrogen-bond donors (Lipinski definition) is 5. The lowest BCUT2D eigenvalue weighted by Gasteiger charge is -2.35. The van der Waals surface area contributed by atoms with Gasteiger partial charge >= 0.3 is 5.97 Å². The highest BCUT2D eigenvalue weighted by atomic mass is 35.5. The molecule has 2 saturated heterocycles. The number of amides is 3. The number of carboxylic acid groups (broad SMARTS) is 1. The zero-order valence-corrected chi connectivity index (χ0v) is 20.7. The van der Waals surface area contributed by atoms with E-state index in [2.05, 4.69) is 16.0 Å². The van der Waals surface area contributed by atoms with E-state index in [4.69, 9.17) is 0 Å². The summed E-state index contributed by atoms with van der Waals surface area (Å²) in [5.74, 6) is -2.66. The van der Waals surface area contributed by atoms with Gasteiger partial charge in [0.1, 0.15) is 5.75 Å². The highest BCUT2D eigenvalue weighted by Gasteiger charge is 2.39. The third kappa shape index (κ3) is 7.83. The number of phenols is 1. The lowest BCUT2D eigenvalue weighted by Crippen LogP contribution is -2.65. The second kappa shape index (κ2) is 12.7. The number of likely N-dealkylation sites (tertiary alicyclic amines) is 1. The molecule has 2 heterocycles. The van der Waals surface area contributed by atoms with Gasteiger partial charge in [-0.2, -0.15) is 0 Å². The summed E-state index contributed by atoms with van der Waals surface area (Å²) in [6.45, 7) is 3.99. The van der Waals surface area contributed by atoms with Crippen molar-refractivity contribution < 1.29 is 29.4 Å². The number of phenolic OH excluding ortho intramolecular Hbond substituents is 1. The molecule has 1 aromatic rings. The number of nitrogens with zero attached hydrogens (tertiary/aromatic N) is 1. The zero-order chi connectivity index (χ0) is 24.7. The fourth-order valence-electron chi connectivity index (χ4n) is 4.47. The molecular weight excluding hydrogens is 476 g/mol. The Morgan fingerprint density at radius 3 is 2.37 bits per heavy atom. The molecule has 0 bridgehead atoms. The number of aliphatic carboxylic acids is 1. The molecule has 0 spiro atoms. The van der Waals surface area contributed by atoms with E-state index in [0.29, 0.717) is 31.7 Å². The second-order valence-electron chi connectivity index (χ2n) is 9.33. The number of carboxylic acids is 1. The fourth-order valence-corrected chi connectivity index (χ4v) is 4.47. The van der Waals surface area contributed by atoms with Gasteiger partial charge in [-0.25, -0.2) is 4.79 Å². The predicted molar refractivity (Wildman–Crippen MR) is 131 cm³/mol. The predicted octanol–water partition coefficient (Wildman–Crippen LogP) is 1.48. The number of halogens is 1. The average molecular weight is 511 g/mol. The minimum Gasteiger partial charge on any atom is -0.508 e. The standard InChI is InChI=1S/C24H34N4O6.ClH/c1-24(23(33)34,26-21(31)17-5-7-19(29)8-6-17)27-22(32)18-3-2-14-28(15-18)20(30)9-4-16-10-12-25-13-11-16;/h5-8,16,18,25,29H,2-4,9-15H2,1H3,(H,26,31)(H,27,32)(H,33,34);1H/t18-,24+;/m1./s1. The maximum atomic E-state index is 13.0. The summed E-state index contributed by atoms with van der Waals surface area (Å²) >= 11 is 0. The van der Waals surface area contributed by atoms with Crippen LogP contribution in [0.5, 0.6) is 5.75 Å². The SMILES string of the molecule is C[C@](NC(=O)c1ccc(O)cc1)(NC(=O)[C@@H]1CCCN(C(=O)CCC2CCNCC2)C1)C(=O)O.Cl. The molecule has 3 amide bonds. The van der Waals surface area contributed by atoms with E-state index in [1.54, 1.807) is 4.90 Å². The molecular formula is C24H35ClN4O6. The van der Waals surface area contributed by atoms with E-state index >= 15 is 0 Å². The average Bonchev–Trinajstić information content (AvgIpc) is 2.83. The van der Waals surface area contributed by atoms with Crippen molar-refractivity contribution >= 4 is 36.1 Å². The Hall–Kier alpha value is -2.85. The monoisotopic (exact) mass is 510 g/mol. The Morgan fingerprint density at radius 1 is 1.09 bits per heavy atom. The second-order valence-corrected chi connectivity index (χ2v) is 9.33. The van der Waals surface area contributed by atoms with Gasteiger partial charge in [0.2, 0.25) is 17.5 Å². The molecule has 1 aromatic carbocycles. The first-order valence-electron chi connectivity index (χ1n) is 11.8. The van der Waals surface area contributed by atoms with Gasteiger partial charge in [0, 0.05) is 25.1 Å². The summed E-state index contributed by atoms with van der Waals surface area (Å²) in [5.41, 5.74) is -1.89. The molecule has 10 nitrogen and oxygen atoms in total. The number of carbonyl (C=O) groups excluding carboxylic acids is 3. The summed E-state index contributed by atoms with van der Waals surface area (Å²) in [6, 6.07) is 5.32. The normalized spacial score (nSPS) is 20.1. The van der Waals surface area contributed by atoms with Crippen molar-refractivity contribution in [3.8, 4) is 5.75 Å².